The van der Waals surface area contributed by atoms with E-state index in [1.807, 2.05) is 13.8 Å². The first-order valence-electron chi connectivity index (χ1n) is 11.5. The molecule has 0 saturated carbocycles. The monoisotopic (exact) mass is 501 g/mol. The first-order valence-corrected chi connectivity index (χ1v) is 12.7. The maximum Gasteiger partial charge on any atom is 0.337 e. The molecule has 0 spiro atoms. The van der Waals surface area contributed by atoms with Gasteiger partial charge >= 0.3 is 17.9 Å². The van der Waals surface area contributed by atoms with E-state index in [1.54, 1.807) is 43.0 Å². The molecule has 188 valence electrons. The van der Waals surface area contributed by atoms with Gasteiger partial charge in [-0.15, -0.1) is 0 Å². The van der Waals surface area contributed by atoms with Crippen molar-refractivity contribution in [1.82, 2.24) is 5.32 Å². The highest BCUT2D eigenvalue weighted by molar-refractivity contribution is 7.99. The van der Waals surface area contributed by atoms with Gasteiger partial charge in [-0.25, -0.2) is 9.59 Å². The summed E-state index contributed by atoms with van der Waals surface area (Å²) in [6.07, 6.45) is 0.449. The van der Waals surface area contributed by atoms with Crippen LogP contribution in [0.15, 0.2) is 46.8 Å². The highest BCUT2D eigenvalue weighted by atomic mass is 32.2. The van der Waals surface area contributed by atoms with Gasteiger partial charge in [-0.2, -0.15) is 11.8 Å². The zero-order chi connectivity index (χ0) is 25.7. The maximum atomic E-state index is 13.7. The number of rotatable bonds is 8. The largest absolute Gasteiger partial charge is 0.468 e. The third-order valence-electron chi connectivity index (χ3n) is 6.29. The molecule has 1 heterocycles. The van der Waals surface area contributed by atoms with Crippen molar-refractivity contribution in [3.05, 3.63) is 57.9 Å². The number of thioether (sulfide) groups is 1. The highest BCUT2D eigenvalue weighted by Gasteiger charge is 2.47. The van der Waals surface area contributed by atoms with Crippen molar-refractivity contribution < 1.29 is 33.4 Å². The number of hydrogen-bond acceptors (Lipinski definition) is 9. The molecule has 1 aromatic carbocycles. The van der Waals surface area contributed by atoms with Crippen LogP contribution in [-0.2, 0) is 28.6 Å². The molecule has 0 aromatic heterocycles. The Balaban J connectivity index is 2.08. The fourth-order valence-corrected chi connectivity index (χ4v) is 5.12. The van der Waals surface area contributed by atoms with E-state index >= 15 is 0 Å². The van der Waals surface area contributed by atoms with E-state index in [0.717, 1.165) is 5.75 Å². The van der Waals surface area contributed by atoms with Crippen molar-refractivity contribution in [2.45, 2.75) is 33.1 Å². The lowest BCUT2D eigenvalue weighted by Crippen LogP contribution is -2.43. The Kier molecular flexibility index (Phi) is 8.77. The lowest BCUT2D eigenvalue weighted by molar-refractivity contribution is -0.151. The van der Waals surface area contributed by atoms with Crippen molar-refractivity contribution in [2.75, 3.05) is 32.3 Å². The van der Waals surface area contributed by atoms with Gasteiger partial charge in [0.25, 0.3) is 0 Å². The molecule has 0 amide bonds. The quantitative estimate of drug-likeness (QED) is 0.248. The molecule has 2 aliphatic rings. The van der Waals surface area contributed by atoms with Gasteiger partial charge in [0.15, 0.2) is 5.78 Å². The summed E-state index contributed by atoms with van der Waals surface area (Å²) in [5.41, 5.74) is 2.91. The molecule has 0 unspecified atom stereocenters. The summed E-state index contributed by atoms with van der Waals surface area (Å²) < 4.78 is 15.3. The van der Waals surface area contributed by atoms with Gasteiger partial charge in [0, 0.05) is 28.6 Å². The third kappa shape index (κ3) is 5.45. The van der Waals surface area contributed by atoms with Gasteiger partial charge in [-0.3, -0.25) is 9.59 Å². The Bertz CT molecular complexity index is 1070. The van der Waals surface area contributed by atoms with Gasteiger partial charge in [0.1, 0.15) is 12.5 Å². The molecule has 1 aliphatic carbocycles. The average molecular weight is 502 g/mol. The Labute approximate surface area is 209 Å². The Morgan fingerprint density at radius 3 is 2.37 bits per heavy atom. The van der Waals surface area contributed by atoms with Crippen LogP contribution in [0.2, 0.25) is 0 Å². The summed E-state index contributed by atoms with van der Waals surface area (Å²) in [6.45, 7) is 5.88. The first kappa shape index (κ1) is 26.5. The van der Waals surface area contributed by atoms with Crippen LogP contribution in [-0.4, -0.2) is 56.0 Å². The molecular formula is C26H31NO7S. The molecule has 9 heteroatoms. The zero-order valence-corrected chi connectivity index (χ0v) is 21.5. The second-order valence-electron chi connectivity index (χ2n) is 8.48. The van der Waals surface area contributed by atoms with Crippen molar-refractivity contribution in [3.8, 4) is 0 Å². The van der Waals surface area contributed by atoms with E-state index in [2.05, 4.69) is 5.32 Å². The highest BCUT2D eigenvalue weighted by Crippen LogP contribution is 2.45. The number of nitrogens with one attached hydrogen (secondary N) is 1. The van der Waals surface area contributed by atoms with Crippen molar-refractivity contribution >= 4 is 35.5 Å². The number of carbonyl (C=O) groups is 4. The van der Waals surface area contributed by atoms with Gasteiger partial charge in [-0.1, -0.05) is 26.0 Å². The SMILES string of the molecule is CCSCCOC(=O)C1=C(C)NC2=C(C(=O)[C@@H](C(=O)OC)[C@@H](C)C2)[C@@H]1c1ccc(C(=O)OC)cc1. The number of Topliss-reactive ketones (excluding diaryl/α,β-unsaturated/α-hetero) is 1. The predicted molar refractivity (Wildman–Crippen MR) is 132 cm³/mol. The van der Waals surface area contributed by atoms with Crippen molar-refractivity contribution in [2.24, 2.45) is 11.8 Å². The van der Waals surface area contributed by atoms with E-state index in [4.69, 9.17) is 14.2 Å². The smallest absolute Gasteiger partial charge is 0.337 e. The number of allylic oxidation sites excluding steroid dienone is 3. The van der Waals surface area contributed by atoms with Crippen LogP contribution in [0.25, 0.3) is 0 Å². The molecule has 8 nitrogen and oxygen atoms in total. The third-order valence-corrected chi connectivity index (χ3v) is 7.16. The number of esters is 3. The normalized spacial score (nSPS) is 21.7. The molecule has 0 fully saturated rings. The Morgan fingerprint density at radius 2 is 1.77 bits per heavy atom. The number of methoxy groups -OCH3 is 2. The van der Waals surface area contributed by atoms with Crippen LogP contribution >= 0.6 is 11.8 Å². The molecule has 1 aromatic rings. The molecule has 3 atom stereocenters. The summed E-state index contributed by atoms with van der Waals surface area (Å²) in [5.74, 6) is -2.40. The Hall–Kier alpha value is -3.07. The van der Waals surface area contributed by atoms with Crippen LogP contribution in [0.5, 0.6) is 0 Å². The van der Waals surface area contributed by atoms with Gasteiger partial charge in [0.05, 0.1) is 25.4 Å². The fraction of sp³-hybridized carbons (Fsp3) is 0.462. The predicted octanol–water partition coefficient (Wildman–Crippen LogP) is 3.38. The minimum Gasteiger partial charge on any atom is -0.468 e. The Morgan fingerprint density at radius 1 is 1.09 bits per heavy atom. The first-order chi connectivity index (χ1) is 16.7. The molecule has 0 bridgehead atoms. The van der Waals surface area contributed by atoms with Crippen molar-refractivity contribution in [1.29, 1.82) is 0 Å². The second kappa shape index (κ2) is 11.6. The second-order valence-corrected chi connectivity index (χ2v) is 9.88. The topological polar surface area (TPSA) is 108 Å². The number of ketones is 1. The summed E-state index contributed by atoms with van der Waals surface area (Å²) in [6, 6.07) is 6.57. The number of hydrogen-bond donors (Lipinski definition) is 1. The van der Waals surface area contributed by atoms with Crippen LogP contribution < -0.4 is 5.32 Å². The van der Waals surface area contributed by atoms with E-state index < -0.39 is 29.7 Å². The number of carbonyl (C=O) groups excluding carboxylic acids is 4. The van der Waals surface area contributed by atoms with E-state index in [0.29, 0.717) is 45.8 Å². The fourth-order valence-electron chi connectivity index (χ4n) is 4.63. The standard InChI is InChI=1S/C26H31NO7S/c1-6-35-12-11-34-26(31)20-15(3)27-18-13-14(2)19(25(30)33-5)23(28)22(18)21(20)16-7-9-17(10-8-16)24(29)32-4/h7-10,14,19,21,27H,6,11-13H2,1-5H3/t14-,19-,21+/m0/s1. The van der Waals surface area contributed by atoms with Crippen LogP contribution in [0, 0.1) is 11.8 Å². The molecule has 35 heavy (non-hydrogen) atoms. The van der Waals surface area contributed by atoms with E-state index in [-0.39, 0.29) is 18.3 Å². The minimum atomic E-state index is -0.964. The van der Waals surface area contributed by atoms with Gasteiger partial charge in [0.2, 0.25) is 0 Å². The summed E-state index contributed by atoms with van der Waals surface area (Å²) in [4.78, 5) is 51.4. The number of dihydropyridines is 1. The van der Waals surface area contributed by atoms with Crippen LogP contribution in [0.4, 0.5) is 0 Å². The van der Waals surface area contributed by atoms with E-state index in [9.17, 15) is 19.2 Å². The van der Waals surface area contributed by atoms with E-state index in [1.165, 1.54) is 14.2 Å². The van der Waals surface area contributed by atoms with Gasteiger partial charge < -0.3 is 19.5 Å². The lowest BCUT2D eigenvalue weighted by atomic mass is 9.69. The molecule has 1 aliphatic heterocycles. The minimum absolute atomic E-state index is 0.240. The number of ether oxygens (including phenoxy) is 3. The molecular weight excluding hydrogens is 470 g/mol. The summed E-state index contributed by atoms with van der Waals surface area (Å²) in [5, 5.41) is 3.23. The van der Waals surface area contributed by atoms with Crippen molar-refractivity contribution in [3.63, 3.8) is 0 Å². The average Bonchev–Trinajstić information content (AvgIpc) is 2.85. The summed E-state index contributed by atoms with van der Waals surface area (Å²) >= 11 is 1.66. The van der Waals surface area contributed by atoms with Gasteiger partial charge in [-0.05, 0) is 42.7 Å². The molecule has 1 N–H and O–H groups in total. The van der Waals surface area contributed by atoms with Crippen LogP contribution in [0.3, 0.4) is 0 Å². The molecule has 0 saturated heterocycles. The zero-order valence-electron chi connectivity index (χ0n) is 20.6. The maximum absolute atomic E-state index is 13.7. The molecule has 3 rings (SSSR count). The van der Waals surface area contributed by atoms with Crippen LogP contribution in [0.1, 0.15) is 49.0 Å². The lowest BCUT2D eigenvalue weighted by Gasteiger charge is -2.38. The summed E-state index contributed by atoms with van der Waals surface area (Å²) in [7, 11) is 2.56. The number of benzene rings is 1. The molecule has 0 radical (unpaired) electrons.